The first-order chi connectivity index (χ1) is 9.88. The van der Waals surface area contributed by atoms with E-state index in [0.717, 1.165) is 19.2 Å². The van der Waals surface area contributed by atoms with Crippen molar-refractivity contribution in [2.24, 2.45) is 5.41 Å². The van der Waals surface area contributed by atoms with Crippen LogP contribution in [0.15, 0.2) is 12.1 Å². The third-order valence-corrected chi connectivity index (χ3v) is 4.02. The summed E-state index contributed by atoms with van der Waals surface area (Å²) < 4.78 is 40.9. The fourth-order valence-electron chi connectivity index (χ4n) is 2.89. The van der Waals surface area contributed by atoms with Gasteiger partial charge < -0.3 is 10.4 Å². The summed E-state index contributed by atoms with van der Waals surface area (Å²) in [6.07, 6.45) is 0. The fourth-order valence-corrected chi connectivity index (χ4v) is 2.89. The quantitative estimate of drug-likeness (QED) is 0.828. The Morgan fingerprint density at radius 1 is 1.18 bits per heavy atom. The number of aliphatic hydroxyl groups excluding tert-OH is 1. The summed E-state index contributed by atoms with van der Waals surface area (Å²) >= 11 is 0. The molecule has 2 N–H and O–H groups in total. The Morgan fingerprint density at radius 3 is 2.32 bits per heavy atom. The van der Waals surface area contributed by atoms with Gasteiger partial charge in [0.2, 0.25) is 0 Å². The first-order valence-electron chi connectivity index (χ1n) is 7.07. The molecule has 2 rings (SSSR count). The summed E-state index contributed by atoms with van der Waals surface area (Å²) in [7, 11) is 0. The third-order valence-electron chi connectivity index (χ3n) is 4.02. The average Bonchev–Trinajstić information content (AvgIpc) is 2.48. The summed E-state index contributed by atoms with van der Waals surface area (Å²) in [4.78, 5) is 2.00. The molecule has 22 heavy (non-hydrogen) atoms. The Kier molecular flexibility index (Phi) is 6.67. The summed E-state index contributed by atoms with van der Waals surface area (Å²) in [5.74, 6) is -3.82. The van der Waals surface area contributed by atoms with E-state index in [2.05, 4.69) is 5.32 Å². The lowest BCUT2D eigenvalue weighted by molar-refractivity contribution is 0.0282. The van der Waals surface area contributed by atoms with Crippen LogP contribution in [0.4, 0.5) is 13.2 Å². The van der Waals surface area contributed by atoms with E-state index < -0.39 is 28.9 Å². The predicted octanol–water partition coefficient (Wildman–Crippen LogP) is 2.49. The van der Waals surface area contributed by atoms with Crippen LogP contribution in [0.2, 0.25) is 0 Å². The molecule has 0 unspecified atom stereocenters. The van der Waals surface area contributed by atoms with Crippen molar-refractivity contribution in [3.05, 3.63) is 35.1 Å². The average molecular weight is 339 g/mol. The molecule has 0 radical (unpaired) electrons. The number of nitrogens with zero attached hydrogens (tertiary/aromatic N) is 1. The molecule has 1 saturated heterocycles. The Hall–Kier alpha value is -0.820. The number of nitrogens with one attached hydrogen (secondary N) is 1. The van der Waals surface area contributed by atoms with Gasteiger partial charge in [-0.3, -0.25) is 4.90 Å². The van der Waals surface area contributed by atoms with Crippen LogP contribution in [-0.4, -0.2) is 42.8 Å². The van der Waals surface area contributed by atoms with Crippen LogP contribution in [0.1, 0.15) is 25.5 Å². The molecule has 0 bridgehead atoms. The van der Waals surface area contributed by atoms with E-state index in [1.165, 1.54) is 6.07 Å². The van der Waals surface area contributed by atoms with E-state index in [4.69, 9.17) is 0 Å². The van der Waals surface area contributed by atoms with Gasteiger partial charge in [0, 0.05) is 49.8 Å². The van der Waals surface area contributed by atoms with Crippen LogP contribution < -0.4 is 5.32 Å². The van der Waals surface area contributed by atoms with E-state index in [9.17, 15) is 18.3 Å². The number of hydrogen-bond acceptors (Lipinski definition) is 3. The first-order valence-corrected chi connectivity index (χ1v) is 7.07. The van der Waals surface area contributed by atoms with Gasteiger partial charge >= 0.3 is 0 Å². The number of halogens is 4. The predicted molar refractivity (Wildman–Crippen MR) is 81.6 cm³/mol. The fraction of sp³-hybridized carbons (Fsp3) is 0.600. The lowest BCUT2D eigenvalue weighted by Crippen LogP contribution is -2.49. The minimum Gasteiger partial charge on any atom is -0.396 e. The van der Waals surface area contributed by atoms with E-state index in [0.29, 0.717) is 13.1 Å². The second-order valence-corrected chi connectivity index (χ2v) is 6.10. The van der Waals surface area contributed by atoms with Crippen molar-refractivity contribution in [3.8, 4) is 0 Å². The van der Waals surface area contributed by atoms with Gasteiger partial charge in [0.1, 0.15) is 0 Å². The van der Waals surface area contributed by atoms with Crippen LogP contribution in [0, 0.1) is 22.9 Å². The standard InChI is InChI=1S/C15H21F3N2O.ClH/c1-15(2,9-21)14(20-7-5-19-6-8-20)10-3-4-11(16)13(18)12(10)17;/h3-4,14,19,21H,5-9H2,1-2H3;1H/t14-;/m0./s1. The highest BCUT2D eigenvalue weighted by atomic mass is 35.5. The molecule has 1 atom stereocenters. The lowest BCUT2D eigenvalue weighted by Gasteiger charge is -2.43. The molecule has 1 aliphatic heterocycles. The number of hydrogen-bond donors (Lipinski definition) is 2. The topological polar surface area (TPSA) is 35.5 Å². The number of benzene rings is 1. The molecule has 0 spiro atoms. The van der Waals surface area contributed by atoms with E-state index >= 15 is 0 Å². The maximum atomic E-state index is 14.2. The first kappa shape index (κ1) is 19.2. The Balaban J connectivity index is 0.00000242. The SMILES string of the molecule is CC(C)(CO)[C@H](c1ccc(F)c(F)c1F)N1CCNCC1.Cl. The third kappa shape index (κ3) is 3.74. The van der Waals surface area contributed by atoms with Gasteiger partial charge in [-0.05, 0) is 6.07 Å². The van der Waals surface area contributed by atoms with Crippen LogP contribution >= 0.6 is 12.4 Å². The van der Waals surface area contributed by atoms with Gasteiger partial charge in [0.15, 0.2) is 17.5 Å². The summed E-state index contributed by atoms with van der Waals surface area (Å²) in [6, 6.07) is 1.70. The molecule has 0 aliphatic carbocycles. The second-order valence-electron chi connectivity index (χ2n) is 6.10. The zero-order valence-electron chi connectivity index (χ0n) is 12.7. The van der Waals surface area contributed by atoms with Gasteiger partial charge in [-0.2, -0.15) is 0 Å². The molecule has 7 heteroatoms. The van der Waals surface area contributed by atoms with Gasteiger partial charge in [-0.25, -0.2) is 13.2 Å². The van der Waals surface area contributed by atoms with Crippen molar-refractivity contribution < 1.29 is 18.3 Å². The molecule has 3 nitrogen and oxygen atoms in total. The molecule has 0 aromatic heterocycles. The number of piperazine rings is 1. The van der Waals surface area contributed by atoms with Gasteiger partial charge in [0.05, 0.1) is 0 Å². The van der Waals surface area contributed by atoms with Gasteiger partial charge in [0.25, 0.3) is 0 Å². The van der Waals surface area contributed by atoms with Crippen molar-refractivity contribution in [2.45, 2.75) is 19.9 Å². The lowest BCUT2D eigenvalue weighted by atomic mass is 9.79. The minimum atomic E-state index is -1.46. The number of aliphatic hydroxyl groups is 1. The van der Waals surface area contributed by atoms with E-state index in [1.807, 2.05) is 4.90 Å². The molecule has 1 heterocycles. The molecule has 0 amide bonds. The van der Waals surface area contributed by atoms with Crippen LogP contribution in [0.5, 0.6) is 0 Å². The molecule has 1 aromatic rings. The molecule has 1 fully saturated rings. The van der Waals surface area contributed by atoms with E-state index in [-0.39, 0.29) is 24.6 Å². The second kappa shape index (κ2) is 7.64. The van der Waals surface area contributed by atoms with Crippen molar-refractivity contribution in [1.82, 2.24) is 10.2 Å². The Morgan fingerprint density at radius 2 is 1.77 bits per heavy atom. The maximum absolute atomic E-state index is 14.2. The molecular weight excluding hydrogens is 317 g/mol. The summed E-state index contributed by atoms with van der Waals surface area (Å²) in [5, 5.41) is 12.8. The largest absolute Gasteiger partial charge is 0.396 e. The smallest absolute Gasteiger partial charge is 0.194 e. The van der Waals surface area contributed by atoms with E-state index in [1.54, 1.807) is 13.8 Å². The van der Waals surface area contributed by atoms with Crippen molar-refractivity contribution in [2.75, 3.05) is 32.8 Å². The van der Waals surface area contributed by atoms with Crippen molar-refractivity contribution in [3.63, 3.8) is 0 Å². The molecular formula is C15H22ClF3N2O. The highest BCUT2D eigenvalue weighted by molar-refractivity contribution is 5.85. The molecule has 1 aliphatic rings. The number of rotatable bonds is 4. The highest BCUT2D eigenvalue weighted by Crippen LogP contribution is 2.40. The Labute approximate surface area is 134 Å². The monoisotopic (exact) mass is 338 g/mol. The van der Waals surface area contributed by atoms with Crippen molar-refractivity contribution in [1.29, 1.82) is 0 Å². The summed E-state index contributed by atoms with van der Waals surface area (Å²) in [6.45, 7) is 6.20. The highest BCUT2D eigenvalue weighted by Gasteiger charge is 2.38. The van der Waals surface area contributed by atoms with Gasteiger partial charge in [-0.15, -0.1) is 12.4 Å². The normalized spacial score (nSPS) is 17.9. The molecule has 0 saturated carbocycles. The maximum Gasteiger partial charge on any atom is 0.194 e. The summed E-state index contributed by atoms with van der Waals surface area (Å²) in [5.41, 5.74) is -0.586. The van der Waals surface area contributed by atoms with Crippen LogP contribution in [0.3, 0.4) is 0 Å². The van der Waals surface area contributed by atoms with Crippen LogP contribution in [0.25, 0.3) is 0 Å². The van der Waals surface area contributed by atoms with Gasteiger partial charge in [-0.1, -0.05) is 19.9 Å². The molecule has 1 aromatic carbocycles. The minimum absolute atomic E-state index is 0. The zero-order valence-corrected chi connectivity index (χ0v) is 13.5. The van der Waals surface area contributed by atoms with Crippen molar-refractivity contribution >= 4 is 12.4 Å². The zero-order chi connectivity index (χ0) is 15.6. The molecule has 126 valence electrons. The van der Waals surface area contributed by atoms with Crippen LogP contribution in [-0.2, 0) is 0 Å². The Bertz CT molecular complexity index is 508.